The summed E-state index contributed by atoms with van der Waals surface area (Å²) in [6, 6.07) is 13.4. The van der Waals surface area contributed by atoms with E-state index < -0.39 is 5.91 Å². The topological polar surface area (TPSA) is 92.5 Å². The third-order valence-electron chi connectivity index (χ3n) is 4.96. The summed E-state index contributed by atoms with van der Waals surface area (Å²) in [6.07, 6.45) is 1.99. The second kappa shape index (κ2) is 6.72. The zero-order valence-corrected chi connectivity index (χ0v) is 14.7. The number of allylic oxidation sites excluding steroid dienone is 2. The molecule has 0 atom stereocenters. The number of nitrogens with one attached hydrogen (secondary N) is 1. The van der Waals surface area contributed by atoms with Gasteiger partial charge in [0.2, 0.25) is 17.5 Å². The summed E-state index contributed by atoms with van der Waals surface area (Å²) in [5, 5.41) is 3.11. The molecule has 136 valence electrons. The largest absolute Gasteiger partial charge is 0.367 e. The first kappa shape index (κ1) is 17.0. The van der Waals surface area contributed by atoms with Gasteiger partial charge in [0.15, 0.2) is 0 Å². The molecule has 0 radical (unpaired) electrons. The van der Waals surface area contributed by atoms with Crippen LogP contribution in [-0.2, 0) is 0 Å². The Balaban J connectivity index is 1.77. The number of hydrogen-bond donors (Lipinski definition) is 2. The first-order valence-corrected chi connectivity index (χ1v) is 8.91. The Morgan fingerprint density at radius 1 is 0.889 bits per heavy atom. The van der Waals surface area contributed by atoms with Crippen LogP contribution in [0.3, 0.4) is 0 Å². The number of amides is 1. The van der Waals surface area contributed by atoms with Crippen LogP contribution in [-0.4, -0.2) is 35.5 Å². The van der Waals surface area contributed by atoms with E-state index in [2.05, 4.69) is 5.32 Å². The molecule has 0 unspecified atom stereocenters. The van der Waals surface area contributed by atoms with Gasteiger partial charge in [0.25, 0.3) is 0 Å². The number of Topliss-reactive ketones (excluding diaryl/α,β-unsaturated/α-hetero) is 2. The fraction of sp³-hybridized carbons (Fsp3) is 0.190. The lowest BCUT2D eigenvalue weighted by Crippen LogP contribution is -2.35. The molecule has 2 aromatic carbocycles. The zero-order valence-electron chi connectivity index (χ0n) is 14.7. The van der Waals surface area contributed by atoms with Crippen LogP contribution in [0, 0.1) is 0 Å². The van der Waals surface area contributed by atoms with Gasteiger partial charge < -0.3 is 16.0 Å². The molecule has 0 bridgehead atoms. The molecule has 2 aliphatic rings. The lowest BCUT2D eigenvalue weighted by atomic mass is 9.89. The SMILES string of the molecule is NC(=O)c1ccc(NC2=C(N3CCCC3)C(=O)c3ccccc3C2=O)cc1. The highest BCUT2D eigenvalue weighted by Crippen LogP contribution is 2.31. The quantitative estimate of drug-likeness (QED) is 0.873. The van der Waals surface area contributed by atoms with Gasteiger partial charge in [0.1, 0.15) is 11.4 Å². The van der Waals surface area contributed by atoms with Gasteiger partial charge in [-0.2, -0.15) is 0 Å². The van der Waals surface area contributed by atoms with Crippen molar-refractivity contribution in [3.05, 3.63) is 76.6 Å². The van der Waals surface area contributed by atoms with Crippen LogP contribution < -0.4 is 11.1 Å². The Morgan fingerprint density at radius 3 is 2.07 bits per heavy atom. The van der Waals surface area contributed by atoms with Crippen molar-refractivity contribution in [3.8, 4) is 0 Å². The van der Waals surface area contributed by atoms with Crippen molar-refractivity contribution in [1.29, 1.82) is 0 Å². The van der Waals surface area contributed by atoms with E-state index in [4.69, 9.17) is 5.73 Å². The Morgan fingerprint density at radius 2 is 1.48 bits per heavy atom. The van der Waals surface area contributed by atoms with Crippen LogP contribution in [0.5, 0.6) is 0 Å². The number of benzene rings is 2. The van der Waals surface area contributed by atoms with E-state index >= 15 is 0 Å². The highest BCUT2D eigenvalue weighted by molar-refractivity contribution is 6.27. The number of primary amides is 1. The number of likely N-dealkylation sites (tertiary alicyclic amines) is 1. The van der Waals surface area contributed by atoms with Gasteiger partial charge in [-0.1, -0.05) is 24.3 Å². The van der Waals surface area contributed by atoms with Crippen molar-refractivity contribution in [1.82, 2.24) is 4.90 Å². The highest BCUT2D eigenvalue weighted by Gasteiger charge is 2.36. The third-order valence-corrected chi connectivity index (χ3v) is 4.96. The number of rotatable bonds is 4. The van der Waals surface area contributed by atoms with Crippen molar-refractivity contribution < 1.29 is 14.4 Å². The summed E-state index contributed by atoms with van der Waals surface area (Å²) >= 11 is 0. The van der Waals surface area contributed by atoms with Crippen molar-refractivity contribution in [2.24, 2.45) is 5.73 Å². The van der Waals surface area contributed by atoms with E-state index in [1.165, 1.54) is 0 Å². The maximum Gasteiger partial charge on any atom is 0.248 e. The van der Waals surface area contributed by atoms with Gasteiger partial charge in [0.05, 0.1) is 0 Å². The minimum absolute atomic E-state index is 0.136. The van der Waals surface area contributed by atoms with Crippen LogP contribution in [0.25, 0.3) is 0 Å². The standard InChI is InChI=1S/C21H19N3O3/c22-21(27)13-7-9-14(10-8-13)23-17-18(24-11-3-4-12-24)20(26)16-6-2-1-5-15(16)19(17)25/h1-2,5-10,23H,3-4,11-12H2,(H2,22,27). The monoisotopic (exact) mass is 361 g/mol. The molecule has 2 aromatic rings. The summed E-state index contributed by atoms with van der Waals surface area (Å²) < 4.78 is 0. The minimum atomic E-state index is -0.517. The lowest BCUT2D eigenvalue weighted by molar-refractivity contribution is 0.0948. The summed E-state index contributed by atoms with van der Waals surface area (Å²) in [6.45, 7) is 1.50. The number of nitrogens with zero attached hydrogens (tertiary/aromatic N) is 1. The number of hydrogen-bond acceptors (Lipinski definition) is 5. The maximum absolute atomic E-state index is 13.1. The molecule has 1 aliphatic heterocycles. The average molecular weight is 361 g/mol. The molecule has 0 aromatic heterocycles. The van der Waals surface area contributed by atoms with Crippen molar-refractivity contribution >= 4 is 23.2 Å². The molecular formula is C21H19N3O3. The zero-order chi connectivity index (χ0) is 19.0. The molecule has 3 N–H and O–H groups in total. The molecule has 1 saturated heterocycles. The first-order chi connectivity index (χ1) is 13.1. The molecule has 1 fully saturated rings. The van der Waals surface area contributed by atoms with Crippen LogP contribution in [0.1, 0.15) is 43.9 Å². The Kier molecular flexibility index (Phi) is 4.24. The smallest absolute Gasteiger partial charge is 0.248 e. The fourth-order valence-corrected chi connectivity index (χ4v) is 3.58. The molecule has 6 nitrogen and oxygen atoms in total. The van der Waals surface area contributed by atoms with E-state index in [1.807, 2.05) is 4.90 Å². The predicted molar refractivity (Wildman–Crippen MR) is 102 cm³/mol. The predicted octanol–water partition coefficient (Wildman–Crippen LogP) is 2.58. The van der Waals surface area contributed by atoms with Crippen molar-refractivity contribution in [2.45, 2.75) is 12.8 Å². The van der Waals surface area contributed by atoms with Gasteiger partial charge in [-0.25, -0.2) is 0 Å². The molecule has 0 spiro atoms. The molecule has 4 rings (SSSR count). The van der Waals surface area contributed by atoms with Crippen molar-refractivity contribution in [3.63, 3.8) is 0 Å². The van der Waals surface area contributed by atoms with Gasteiger partial charge in [0, 0.05) is 35.5 Å². The van der Waals surface area contributed by atoms with Crippen molar-refractivity contribution in [2.75, 3.05) is 18.4 Å². The highest BCUT2D eigenvalue weighted by atomic mass is 16.1. The van der Waals surface area contributed by atoms with E-state index in [0.717, 1.165) is 25.9 Å². The van der Waals surface area contributed by atoms with Crippen LogP contribution in [0.15, 0.2) is 59.9 Å². The normalized spacial score (nSPS) is 16.5. The first-order valence-electron chi connectivity index (χ1n) is 8.91. The molecular weight excluding hydrogens is 342 g/mol. The Hall–Kier alpha value is -3.41. The fourth-order valence-electron chi connectivity index (χ4n) is 3.58. The molecule has 6 heteroatoms. The third kappa shape index (κ3) is 2.99. The summed E-state index contributed by atoms with van der Waals surface area (Å²) in [4.78, 5) is 39.5. The Labute approximate surface area is 156 Å². The van der Waals surface area contributed by atoms with Gasteiger partial charge in [-0.3, -0.25) is 14.4 Å². The number of anilines is 1. The summed E-state index contributed by atoms with van der Waals surface area (Å²) in [5.41, 5.74) is 7.83. The maximum atomic E-state index is 13.1. The Bertz CT molecular complexity index is 970. The van der Waals surface area contributed by atoms with Gasteiger partial charge in [-0.05, 0) is 37.1 Å². The van der Waals surface area contributed by atoms with Gasteiger partial charge in [-0.15, -0.1) is 0 Å². The molecule has 1 heterocycles. The second-order valence-electron chi connectivity index (χ2n) is 6.69. The number of ketones is 2. The minimum Gasteiger partial charge on any atom is -0.367 e. The summed E-state index contributed by atoms with van der Waals surface area (Å²) in [5.74, 6) is -0.856. The average Bonchev–Trinajstić information content (AvgIpc) is 3.21. The molecule has 1 aliphatic carbocycles. The van der Waals surface area contributed by atoms with E-state index in [9.17, 15) is 14.4 Å². The van der Waals surface area contributed by atoms with Crippen LogP contribution >= 0.6 is 0 Å². The summed E-state index contributed by atoms with van der Waals surface area (Å²) in [7, 11) is 0. The van der Waals surface area contributed by atoms with E-state index in [-0.39, 0.29) is 17.3 Å². The van der Waals surface area contributed by atoms with Gasteiger partial charge >= 0.3 is 0 Å². The number of carbonyl (C=O) groups is 3. The van der Waals surface area contributed by atoms with E-state index in [0.29, 0.717) is 28.1 Å². The number of nitrogens with two attached hydrogens (primary N) is 1. The molecule has 27 heavy (non-hydrogen) atoms. The number of fused-ring (bicyclic) bond motifs is 1. The van der Waals surface area contributed by atoms with Crippen LogP contribution in [0.4, 0.5) is 5.69 Å². The molecule has 0 saturated carbocycles. The number of carbonyl (C=O) groups excluding carboxylic acids is 3. The lowest BCUT2D eigenvalue weighted by Gasteiger charge is -2.28. The molecule has 1 amide bonds. The van der Waals surface area contributed by atoms with E-state index in [1.54, 1.807) is 48.5 Å². The van der Waals surface area contributed by atoms with Crippen LogP contribution in [0.2, 0.25) is 0 Å². The second-order valence-corrected chi connectivity index (χ2v) is 6.69.